The average Bonchev–Trinajstić information content (AvgIpc) is 3.14. The summed E-state index contributed by atoms with van der Waals surface area (Å²) in [7, 11) is 1.91. The van der Waals surface area contributed by atoms with Crippen LogP contribution in [-0.2, 0) is 13.5 Å². The zero-order valence-electron chi connectivity index (χ0n) is 13.5. The van der Waals surface area contributed by atoms with Crippen molar-refractivity contribution in [3.63, 3.8) is 0 Å². The van der Waals surface area contributed by atoms with Crippen molar-refractivity contribution < 1.29 is 1.43 Å². The number of benzene rings is 1. The minimum atomic E-state index is 0. The van der Waals surface area contributed by atoms with Crippen molar-refractivity contribution in [1.82, 2.24) is 29.9 Å². The first-order valence-electron chi connectivity index (χ1n) is 8.41. The maximum absolute atomic E-state index is 4.72. The summed E-state index contributed by atoms with van der Waals surface area (Å²) in [5.41, 5.74) is 5.07. The Morgan fingerprint density at radius 2 is 2.25 bits per heavy atom. The Labute approximate surface area is 140 Å². The normalized spacial score (nSPS) is 15.2. The summed E-state index contributed by atoms with van der Waals surface area (Å²) in [5, 5.41) is 9.26. The predicted octanol–water partition coefficient (Wildman–Crippen LogP) is 3.50. The van der Waals surface area contributed by atoms with Gasteiger partial charge in [-0.25, -0.2) is 14.6 Å². The van der Waals surface area contributed by atoms with Gasteiger partial charge in [0, 0.05) is 38.2 Å². The van der Waals surface area contributed by atoms with E-state index < -0.39 is 0 Å². The number of fused-ring (bicyclic) bond motifs is 2. The molecule has 1 aliphatic rings. The summed E-state index contributed by atoms with van der Waals surface area (Å²) in [4.78, 5) is 12.6. The minimum absolute atomic E-state index is 0. The molecule has 122 valence electrons. The highest BCUT2D eigenvalue weighted by Gasteiger charge is 2.19. The molecule has 4 aromatic rings. The molecule has 0 saturated heterocycles. The largest absolute Gasteiger partial charge is 0.345 e. The average molecular weight is 320 g/mol. The summed E-state index contributed by atoms with van der Waals surface area (Å²) >= 11 is 0. The van der Waals surface area contributed by atoms with Crippen LogP contribution < -0.4 is 0 Å². The van der Waals surface area contributed by atoms with E-state index in [4.69, 9.17) is 4.98 Å². The predicted molar refractivity (Wildman–Crippen MR) is 94.6 cm³/mol. The van der Waals surface area contributed by atoms with Crippen molar-refractivity contribution >= 4 is 22.1 Å². The van der Waals surface area contributed by atoms with Gasteiger partial charge in [-0.1, -0.05) is 30.5 Å². The Hall–Kier alpha value is -2.76. The number of aryl methyl sites for hydroxylation is 1. The number of nitrogens with one attached hydrogen (secondary N) is 1. The molecule has 0 amide bonds. The molecule has 0 spiro atoms. The topological polar surface area (TPSA) is 72.3 Å². The molecular weight excluding hydrogens is 300 g/mol. The van der Waals surface area contributed by atoms with Gasteiger partial charge in [-0.05, 0) is 23.6 Å². The van der Waals surface area contributed by atoms with Crippen molar-refractivity contribution in [3.8, 4) is 11.1 Å². The fourth-order valence-corrected chi connectivity index (χ4v) is 3.43. The SMILES string of the molecule is Cn1nnc2ccc(-c3c[nH]c4nc(CC5CCC5)ncc34)cc21.[HH]. The minimum Gasteiger partial charge on any atom is -0.345 e. The second-order valence-electron chi connectivity index (χ2n) is 6.67. The Morgan fingerprint density at radius 1 is 1.33 bits per heavy atom. The first kappa shape index (κ1) is 13.7. The molecule has 5 rings (SSSR count). The van der Waals surface area contributed by atoms with E-state index in [-0.39, 0.29) is 1.43 Å². The van der Waals surface area contributed by atoms with Gasteiger partial charge in [-0.15, -0.1) is 5.10 Å². The molecule has 3 aromatic heterocycles. The van der Waals surface area contributed by atoms with Crippen molar-refractivity contribution in [2.75, 3.05) is 0 Å². The molecule has 1 saturated carbocycles. The van der Waals surface area contributed by atoms with E-state index in [1.54, 1.807) is 4.68 Å². The molecule has 0 radical (unpaired) electrons. The van der Waals surface area contributed by atoms with Crippen LogP contribution in [0.4, 0.5) is 0 Å². The molecule has 6 heteroatoms. The van der Waals surface area contributed by atoms with Crippen LogP contribution in [0, 0.1) is 5.92 Å². The molecule has 1 fully saturated rings. The molecule has 0 unspecified atom stereocenters. The summed E-state index contributed by atoms with van der Waals surface area (Å²) in [6.45, 7) is 0. The molecule has 24 heavy (non-hydrogen) atoms. The third kappa shape index (κ3) is 2.10. The highest BCUT2D eigenvalue weighted by molar-refractivity contribution is 5.95. The number of hydrogen-bond donors (Lipinski definition) is 1. The quantitative estimate of drug-likeness (QED) is 0.627. The molecule has 3 heterocycles. The van der Waals surface area contributed by atoms with E-state index in [9.17, 15) is 0 Å². The van der Waals surface area contributed by atoms with Crippen molar-refractivity contribution in [1.29, 1.82) is 0 Å². The standard InChI is InChI=1S/C18H18N6.H2/c1-24-16-8-12(5-6-15(16)22-23-24)13-9-20-18-14(13)10-19-17(21-18)7-11-3-2-4-11;/h5-6,8-11H,2-4,7H2,1H3,(H,19,20,21);1H. The van der Waals surface area contributed by atoms with Gasteiger partial charge in [0.1, 0.15) is 17.0 Å². The van der Waals surface area contributed by atoms with E-state index in [1.165, 1.54) is 19.3 Å². The summed E-state index contributed by atoms with van der Waals surface area (Å²) in [5.74, 6) is 1.73. The van der Waals surface area contributed by atoms with Gasteiger partial charge >= 0.3 is 0 Å². The maximum atomic E-state index is 4.72. The zero-order chi connectivity index (χ0) is 16.1. The van der Waals surface area contributed by atoms with Gasteiger partial charge in [0.05, 0.1) is 5.52 Å². The molecule has 1 N–H and O–H groups in total. The van der Waals surface area contributed by atoms with E-state index in [1.807, 2.05) is 25.5 Å². The summed E-state index contributed by atoms with van der Waals surface area (Å²) < 4.78 is 1.79. The maximum Gasteiger partial charge on any atom is 0.141 e. The molecule has 0 bridgehead atoms. The Kier molecular flexibility index (Phi) is 2.92. The monoisotopic (exact) mass is 320 g/mol. The van der Waals surface area contributed by atoms with Gasteiger partial charge in [0.2, 0.25) is 0 Å². The fourth-order valence-electron chi connectivity index (χ4n) is 3.43. The van der Waals surface area contributed by atoms with E-state index >= 15 is 0 Å². The lowest BCUT2D eigenvalue weighted by molar-refractivity contribution is 0.309. The third-order valence-corrected chi connectivity index (χ3v) is 5.10. The van der Waals surface area contributed by atoms with Gasteiger partial charge in [0.15, 0.2) is 0 Å². The van der Waals surface area contributed by atoms with Gasteiger partial charge in [-0.3, -0.25) is 0 Å². The van der Waals surface area contributed by atoms with Crippen molar-refractivity contribution in [2.45, 2.75) is 25.7 Å². The van der Waals surface area contributed by atoms with Gasteiger partial charge < -0.3 is 4.98 Å². The van der Waals surface area contributed by atoms with Crippen molar-refractivity contribution in [2.24, 2.45) is 13.0 Å². The zero-order valence-corrected chi connectivity index (χ0v) is 13.5. The Bertz CT molecular complexity index is 1050. The molecule has 0 aliphatic heterocycles. The number of aromatic nitrogens is 6. The number of rotatable bonds is 3. The van der Waals surface area contributed by atoms with E-state index in [0.717, 1.165) is 51.4 Å². The highest BCUT2D eigenvalue weighted by Crippen LogP contribution is 2.31. The van der Waals surface area contributed by atoms with Crippen LogP contribution in [0.2, 0.25) is 0 Å². The van der Waals surface area contributed by atoms with Gasteiger partial charge in [-0.2, -0.15) is 0 Å². The number of H-pyrrole nitrogens is 1. The van der Waals surface area contributed by atoms with E-state index in [0.29, 0.717) is 0 Å². The molecule has 1 aromatic carbocycles. The van der Waals surface area contributed by atoms with Crippen LogP contribution in [0.3, 0.4) is 0 Å². The van der Waals surface area contributed by atoms with Crippen LogP contribution in [0.5, 0.6) is 0 Å². The second-order valence-corrected chi connectivity index (χ2v) is 6.67. The first-order valence-corrected chi connectivity index (χ1v) is 8.41. The van der Waals surface area contributed by atoms with Crippen LogP contribution in [0.25, 0.3) is 33.2 Å². The first-order chi connectivity index (χ1) is 11.8. The molecule has 1 aliphatic carbocycles. The van der Waals surface area contributed by atoms with Crippen LogP contribution in [-0.4, -0.2) is 29.9 Å². The molecule has 0 atom stereocenters. The lowest BCUT2D eigenvalue weighted by Gasteiger charge is -2.24. The number of nitrogens with zero attached hydrogens (tertiary/aromatic N) is 5. The molecule has 6 nitrogen and oxygen atoms in total. The number of hydrogen-bond acceptors (Lipinski definition) is 4. The lowest BCUT2D eigenvalue weighted by Crippen LogP contribution is -2.15. The van der Waals surface area contributed by atoms with Crippen LogP contribution in [0.1, 0.15) is 26.5 Å². The molecular formula is C18H20N6. The highest BCUT2D eigenvalue weighted by atomic mass is 15.4. The smallest absolute Gasteiger partial charge is 0.141 e. The Balaban J connectivity index is 0.00000157. The fraction of sp³-hybridized carbons (Fsp3) is 0.333. The Morgan fingerprint density at radius 3 is 3.08 bits per heavy atom. The number of aromatic amines is 1. The summed E-state index contributed by atoms with van der Waals surface area (Å²) in [6, 6.07) is 6.18. The van der Waals surface area contributed by atoms with Gasteiger partial charge in [0.25, 0.3) is 0 Å². The van der Waals surface area contributed by atoms with E-state index in [2.05, 4.69) is 32.4 Å². The van der Waals surface area contributed by atoms with Crippen LogP contribution in [0.15, 0.2) is 30.6 Å². The van der Waals surface area contributed by atoms with Crippen molar-refractivity contribution in [3.05, 3.63) is 36.4 Å². The summed E-state index contributed by atoms with van der Waals surface area (Å²) in [6.07, 6.45) is 8.94. The van der Waals surface area contributed by atoms with Crippen LogP contribution >= 0.6 is 0 Å². The second kappa shape index (κ2) is 5.12. The third-order valence-electron chi connectivity index (χ3n) is 5.10. The lowest BCUT2D eigenvalue weighted by atomic mass is 9.83.